The van der Waals surface area contributed by atoms with E-state index < -0.39 is 10.0 Å². The highest BCUT2D eigenvalue weighted by Gasteiger charge is 2.29. The lowest BCUT2D eigenvalue weighted by Gasteiger charge is -2.35. The summed E-state index contributed by atoms with van der Waals surface area (Å²) >= 11 is 0. The fourth-order valence-electron chi connectivity index (χ4n) is 3.17. The highest BCUT2D eigenvalue weighted by atomic mass is 32.2. The normalized spacial score (nSPS) is 18.0. The lowest BCUT2D eigenvalue weighted by Crippen LogP contribution is -2.45. The van der Waals surface area contributed by atoms with E-state index in [9.17, 15) is 13.2 Å². The lowest BCUT2D eigenvalue weighted by atomic mass is 9.99. The molecular formula is C17H23N5O3S. The molecule has 1 aromatic carbocycles. The molecule has 3 rings (SSSR count). The molecule has 8 nitrogen and oxygen atoms in total. The molecule has 1 aromatic heterocycles. The Labute approximate surface area is 153 Å². The van der Waals surface area contributed by atoms with Gasteiger partial charge in [-0.1, -0.05) is 18.2 Å². The molecule has 26 heavy (non-hydrogen) atoms. The van der Waals surface area contributed by atoms with Crippen molar-refractivity contribution in [1.29, 1.82) is 0 Å². The number of hydrogen-bond donors (Lipinski definition) is 1. The van der Waals surface area contributed by atoms with Gasteiger partial charge in [-0.15, -0.1) is 5.10 Å². The summed E-state index contributed by atoms with van der Waals surface area (Å²) in [5.41, 5.74) is 1.09. The summed E-state index contributed by atoms with van der Waals surface area (Å²) in [6, 6.07) is 9.42. The van der Waals surface area contributed by atoms with Crippen LogP contribution in [0.5, 0.6) is 0 Å². The van der Waals surface area contributed by atoms with Gasteiger partial charge in [0, 0.05) is 19.1 Å². The molecule has 1 amide bonds. The molecule has 1 aliphatic rings. The third-order valence-electron chi connectivity index (χ3n) is 4.43. The van der Waals surface area contributed by atoms with Crippen LogP contribution in [-0.2, 0) is 10.0 Å². The number of rotatable bonds is 6. The van der Waals surface area contributed by atoms with Gasteiger partial charge in [0.25, 0.3) is 5.91 Å². The molecule has 0 aliphatic carbocycles. The number of piperidine rings is 1. The number of hydrogen-bond acceptors (Lipinski definition) is 5. The SMILES string of the molecule is CS(=O)(=O)NCCC1CCCCN1C(=O)c1cnn(-c2ccccc2)n1. The Kier molecular flexibility index (Phi) is 5.67. The van der Waals surface area contributed by atoms with Crippen molar-refractivity contribution in [2.45, 2.75) is 31.7 Å². The van der Waals surface area contributed by atoms with Gasteiger partial charge in [0.1, 0.15) is 0 Å². The van der Waals surface area contributed by atoms with Crippen LogP contribution in [0.1, 0.15) is 36.2 Å². The van der Waals surface area contributed by atoms with E-state index in [0.29, 0.717) is 25.2 Å². The third kappa shape index (κ3) is 4.67. The summed E-state index contributed by atoms with van der Waals surface area (Å²) in [6.45, 7) is 0.977. The van der Waals surface area contributed by atoms with Gasteiger partial charge in [0.2, 0.25) is 10.0 Å². The molecule has 2 heterocycles. The number of benzene rings is 1. The number of para-hydroxylation sites is 1. The quantitative estimate of drug-likeness (QED) is 0.816. The fraction of sp³-hybridized carbons (Fsp3) is 0.471. The first kappa shape index (κ1) is 18.5. The summed E-state index contributed by atoms with van der Waals surface area (Å²) in [5.74, 6) is -0.156. The maximum atomic E-state index is 12.9. The summed E-state index contributed by atoms with van der Waals surface area (Å²) in [4.78, 5) is 16.1. The molecule has 2 aromatic rings. The summed E-state index contributed by atoms with van der Waals surface area (Å²) in [5, 5.41) is 8.50. The number of carbonyl (C=O) groups excluding carboxylic acids is 1. The van der Waals surface area contributed by atoms with Crippen molar-refractivity contribution in [2.75, 3.05) is 19.3 Å². The zero-order chi connectivity index (χ0) is 18.6. The number of sulfonamides is 1. The minimum Gasteiger partial charge on any atom is -0.334 e. The first-order chi connectivity index (χ1) is 12.4. The van der Waals surface area contributed by atoms with E-state index in [1.54, 1.807) is 4.90 Å². The second-order valence-electron chi connectivity index (χ2n) is 6.46. The van der Waals surface area contributed by atoms with Gasteiger partial charge in [0.05, 0.1) is 18.1 Å². The first-order valence-corrected chi connectivity index (χ1v) is 10.6. The molecule has 0 bridgehead atoms. The fourth-order valence-corrected chi connectivity index (χ4v) is 3.66. The van der Waals surface area contributed by atoms with Gasteiger partial charge >= 0.3 is 0 Å². The molecule has 0 spiro atoms. The molecule has 9 heteroatoms. The van der Waals surface area contributed by atoms with Crippen molar-refractivity contribution in [3.63, 3.8) is 0 Å². The number of aromatic nitrogens is 3. The van der Waals surface area contributed by atoms with Crippen LogP contribution in [0.4, 0.5) is 0 Å². The molecule has 0 saturated carbocycles. The molecule has 1 fully saturated rings. The molecule has 1 saturated heterocycles. The van der Waals surface area contributed by atoms with E-state index in [1.165, 1.54) is 11.0 Å². The van der Waals surface area contributed by atoms with E-state index >= 15 is 0 Å². The molecule has 1 aliphatic heterocycles. The number of carbonyl (C=O) groups is 1. The number of amides is 1. The van der Waals surface area contributed by atoms with Gasteiger partial charge in [-0.05, 0) is 37.8 Å². The van der Waals surface area contributed by atoms with Gasteiger partial charge in [-0.2, -0.15) is 9.90 Å². The van der Waals surface area contributed by atoms with Crippen LogP contribution in [0.15, 0.2) is 36.5 Å². The molecule has 140 valence electrons. The van der Waals surface area contributed by atoms with Crippen molar-refractivity contribution < 1.29 is 13.2 Å². The van der Waals surface area contributed by atoms with Gasteiger partial charge in [-0.3, -0.25) is 4.79 Å². The number of nitrogens with one attached hydrogen (secondary N) is 1. The Bertz CT molecular complexity index is 850. The minimum atomic E-state index is -3.22. The van der Waals surface area contributed by atoms with Crippen LogP contribution >= 0.6 is 0 Å². The minimum absolute atomic E-state index is 0.00683. The highest BCUT2D eigenvalue weighted by molar-refractivity contribution is 7.88. The van der Waals surface area contributed by atoms with Crippen LogP contribution in [0, 0.1) is 0 Å². The van der Waals surface area contributed by atoms with Crippen LogP contribution in [-0.4, -0.2) is 59.6 Å². The summed E-state index contributed by atoms with van der Waals surface area (Å²) in [6.07, 6.45) is 6.04. The van der Waals surface area contributed by atoms with E-state index in [2.05, 4.69) is 14.9 Å². The number of likely N-dealkylation sites (tertiary alicyclic amines) is 1. The van der Waals surface area contributed by atoms with Gasteiger partial charge < -0.3 is 4.90 Å². The first-order valence-electron chi connectivity index (χ1n) is 8.67. The Hall–Kier alpha value is -2.26. The van der Waals surface area contributed by atoms with Crippen molar-refractivity contribution in [3.8, 4) is 5.69 Å². The topological polar surface area (TPSA) is 97.2 Å². The molecular weight excluding hydrogens is 354 g/mol. The molecule has 1 N–H and O–H groups in total. The van der Waals surface area contributed by atoms with E-state index in [-0.39, 0.29) is 11.9 Å². The smallest absolute Gasteiger partial charge is 0.276 e. The van der Waals surface area contributed by atoms with Gasteiger partial charge in [-0.25, -0.2) is 13.1 Å². The lowest BCUT2D eigenvalue weighted by molar-refractivity contribution is 0.0597. The van der Waals surface area contributed by atoms with Crippen LogP contribution in [0.2, 0.25) is 0 Å². The average molecular weight is 377 g/mol. The van der Waals surface area contributed by atoms with Crippen LogP contribution in [0.25, 0.3) is 5.69 Å². The predicted octanol–water partition coefficient (Wildman–Crippen LogP) is 1.20. The van der Waals surface area contributed by atoms with Crippen molar-refractivity contribution in [3.05, 3.63) is 42.2 Å². The zero-order valence-corrected chi connectivity index (χ0v) is 15.5. The Balaban J connectivity index is 1.69. The van der Waals surface area contributed by atoms with Crippen molar-refractivity contribution >= 4 is 15.9 Å². The van der Waals surface area contributed by atoms with Crippen LogP contribution in [0.3, 0.4) is 0 Å². The Morgan fingerprint density at radius 1 is 1.27 bits per heavy atom. The third-order valence-corrected chi connectivity index (χ3v) is 5.16. The Morgan fingerprint density at radius 3 is 2.77 bits per heavy atom. The van der Waals surface area contributed by atoms with E-state index in [1.807, 2.05) is 30.3 Å². The van der Waals surface area contributed by atoms with E-state index in [4.69, 9.17) is 0 Å². The van der Waals surface area contributed by atoms with Crippen molar-refractivity contribution in [2.24, 2.45) is 0 Å². The summed E-state index contributed by atoms with van der Waals surface area (Å²) in [7, 11) is -3.22. The molecule has 0 radical (unpaired) electrons. The average Bonchev–Trinajstić information content (AvgIpc) is 3.11. The van der Waals surface area contributed by atoms with E-state index in [0.717, 1.165) is 31.2 Å². The molecule has 1 atom stereocenters. The van der Waals surface area contributed by atoms with Gasteiger partial charge in [0.15, 0.2) is 5.69 Å². The summed E-state index contributed by atoms with van der Waals surface area (Å²) < 4.78 is 25.0. The second-order valence-corrected chi connectivity index (χ2v) is 8.29. The number of nitrogens with zero attached hydrogens (tertiary/aromatic N) is 4. The maximum Gasteiger partial charge on any atom is 0.276 e. The Morgan fingerprint density at radius 2 is 2.04 bits per heavy atom. The molecule has 1 unspecified atom stereocenters. The standard InChI is InChI=1S/C17H23N5O3S/c1-26(24,25)19-11-10-14-7-5-6-12-21(14)17(23)16-13-18-22(20-16)15-8-3-2-4-9-15/h2-4,8-9,13-14,19H,5-7,10-12H2,1H3. The predicted molar refractivity (Wildman–Crippen MR) is 97.5 cm³/mol. The largest absolute Gasteiger partial charge is 0.334 e. The second kappa shape index (κ2) is 7.96. The van der Waals surface area contributed by atoms with Crippen molar-refractivity contribution in [1.82, 2.24) is 24.6 Å². The zero-order valence-electron chi connectivity index (χ0n) is 14.7. The highest BCUT2D eigenvalue weighted by Crippen LogP contribution is 2.21. The maximum absolute atomic E-state index is 12.9. The monoisotopic (exact) mass is 377 g/mol. The van der Waals surface area contributed by atoms with Crippen LogP contribution < -0.4 is 4.72 Å².